The van der Waals surface area contributed by atoms with Crippen LogP contribution in [-0.2, 0) is 22.9 Å². The summed E-state index contributed by atoms with van der Waals surface area (Å²) in [6.07, 6.45) is 1.01. The third-order valence-corrected chi connectivity index (χ3v) is 6.26. The highest BCUT2D eigenvalue weighted by Gasteiger charge is 2.19. The lowest BCUT2D eigenvalue weighted by atomic mass is 9.97. The number of aromatic hydroxyl groups is 2. The molecule has 3 aromatic rings. The smallest absolute Gasteiger partial charge is 0.229 e. The van der Waals surface area contributed by atoms with Crippen molar-refractivity contribution in [2.24, 2.45) is 0 Å². The van der Waals surface area contributed by atoms with Crippen molar-refractivity contribution in [3.63, 3.8) is 0 Å². The SMILES string of the molecule is COc1cc(C(Cc2ccccc2)NC[C@@H](O)Cc2ccc(O)c(NS(C)(=O)=O)c2)cc(Cl)c1O. The van der Waals surface area contributed by atoms with Crippen LogP contribution in [0.1, 0.15) is 22.7 Å². The van der Waals surface area contributed by atoms with Gasteiger partial charge in [-0.05, 0) is 53.8 Å². The Bertz CT molecular complexity index is 1250. The van der Waals surface area contributed by atoms with Crippen LogP contribution in [0.5, 0.6) is 17.2 Å². The Balaban J connectivity index is 1.76. The summed E-state index contributed by atoms with van der Waals surface area (Å²) in [4.78, 5) is 0. The van der Waals surface area contributed by atoms with Gasteiger partial charge in [0.2, 0.25) is 10.0 Å². The number of phenols is 2. The van der Waals surface area contributed by atoms with Crippen LogP contribution in [0.15, 0.2) is 60.7 Å². The zero-order valence-electron chi connectivity index (χ0n) is 19.4. The maximum atomic E-state index is 11.5. The monoisotopic (exact) mass is 520 g/mol. The molecule has 0 aliphatic heterocycles. The molecule has 0 bridgehead atoms. The molecule has 0 saturated heterocycles. The second-order valence-electron chi connectivity index (χ2n) is 8.29. The number of rotatable bonds is 11. The van der Waals surface area contributed by atoms with Crippen molar-refractivity contribution in [2.75, 3.05) is 24.6 Å². The molecule has 35 heavy (non-hydrogen) atoms. The number of nitrogens with one attached hydrogen (secondary N) is 2. The van der Waals surface area contributed by atoms with E-state index in [4.69, 9.17) is 16.3 Å². The molecule has 10 heteroatoms. The van der Waals surface area contributed by atoms with Gasteiger partial charge in [0, 0.05) is 12.6 Å². The van der Waals surface area contributed by atoms with E-state index in [1.807, 2.05) is 30.3 Å². The van der Waals surface area contributed by atoms with Gasteiger partial charge in [-0.15, -0.1) is 0 Å². The Hall–Kier alpha value is -2.98. The van der Waals surface area contributed by atoms with Gasteiger partial charge in [0.05, 0.1) is 30.2 Å². The maximum Gasteiger partial charge on any atom is 0.229 e. The Morgan fingerprint density at radius 2 is 1.71 bits per heavy atom. The van der Waals surface area contributed by atoms with Gasteiger partial charge in [0.1, 0.15) is 5.75 Å². The fourth-order valence-electron chi connectivity index (χ4n) is 3.72. The molecule has 8 nitrogen and oxygen atoms in total. The first-order valence-electron chi connectivity index (χ1n) is 10.9. The number of sulfonamides is 1. The summed E-state index contributed by atoms with van der Waals surface area (Å²) < 4.78 is 30.6. The molecule has 0 saturated carbocycles. The molecule has 0 spiro atoms. The molecular weight excluding hydrogens is 492 g/mol. The quantitative estimate of drug-likeness (QED) is 0.244. The summed E-state index contributed by atoms with van der Waals surface area (Å²) in [5, 5.41) is 34.3. The normalized spacial score (nSPS) is 13.3. The van der Waals surface area contributed by atoms with Gasteiger partial charge in [0.15, 0.2) is 11.5 Å². The molecule has 0 amide bonds. The lowest BCUT2D eigenvalue weighted by Gasteiger charge is -2.23. The third kappa shape index (κ3) is 7.76. The van der Waals surface area contributed by atoms with Crippen molar-refractivity contribution in [3.8, 4) is 17.2 Å². The first kappa shape index (κ1) is 26.6. The number of halogens is 1. The van der Waals surface area contributed by atoms with Crippen LogP contribution in [0.3, 0.4) is 0 Å². The number of anilines is 1. The van der Waals surface area contributed by atoms with Crippen LogP contribution >= 0.6 is 11.6 Å². The van der Waals surface area contributed by atoms with Gasteiger partial charge in [-0.3, -0.25) is 4.72 Å². The molecule has 0 heterocycles. The summed E-state index contributed by atoms with van der Waals surface area (Å²) in [7, 11) is -2.12. The zero-order chi connectivity index (χ0) is 25.6. The average Bonchev–Trinajstić information content (AvgIpc) is 2.80. The van der Waals surface area contributed by atoms with Gasteiger partial charge < -0.3 is 25.4 Å². The molecule has 3 rings (SSSR count). The van der Waals surface area contributed by atoms with E-state index in [1.54, 1.807) is 18.2 Å². The minimum absolute atomic E-state index is 0.0537. The van der Waals surface area contributed by atoms with Crippen LogP contribution in [0.4, 0.5) is 5.69 Å². The standard InChI is InChI=1S/C25H29ClN2O6S/c1-34-24-14-18(13-20(26)25(24)31)21(11-16-6-4-3-5-7-16)27-15-19(29)10-17-8-9-23(30)22(12-17)28-35(2,32)33/h3-9,12-14,19,21,27-31H,10-11,15H2,1-2H3/t19-,21?/m0/s1. The number of hydrogen-bond acceptors (Lipinski definition) is 7. The van der Waals surface area contributed by atoms with Crippen molar-refractivity contribution in [3.05, 3.63) is 82.4 Å². The second kappa shape index (κ2) is 11.6. The highest BCUT2D eigenvalue weighted by atomic mass is 35.5. The van der Waals surface area contributed by atoms with E-state index in [-0.39, 0.29) is 47.0 Å². The van der Waals surface area contributed by atoms with E-state index in [2.05, 4.69) is 10.0 Å². The van der Waals surface area contributed by atoms with E-state index in [0.717, 1.165) is 17.4 Å². The van der Waals surface area contributed by atoms with E-state index < -0.39 is 16.1 Å². The van der Waals surface area contributed by atoms with Gasteiger partial charge in [-0.2, -0.15) is 0 Å². The lowest BCUT2D eigenvalue weighted by Crippen LogP contribution is -2.32. The molecule has 1 unspecified atom stereocenters. The third-order valence-electron chi connectivity index (χ3n) is 5.38. The maximum absolute atomic E-state index is 11.5. The summed E-state index contributed by atoms with van der Waals surface area (Å²) >= 11 is 6.21. The second-order valence-corrected chi connectivity index (χ2v) is 10.4. The Labute approximate surface area is 210 Å². The molecule has 5 N–H and O–H groups in total. The van der Waals surface area contributed by atoms with Crippen molar-refractivity contribution in [1.29, 1.82) is 0 Å². The van der Waals surface area contributed by atoms with Crippen molar-refractivity contribution >= 4 is 27.3 Å². The molecule has 0 radical (unpaired) electrons. The van der Waals surface area contributed by atoms with Crippen LogP contribution in [0, 0.1) is 0 Å². The Morgan fingerprint density at radius 3 is 2.37 bits per heavy atom. The van der Waals surface area contributed by atoms with Crippen molar-refractivity contribution < 1.29 is 28.5 Å². The van der Waals surface area contributed by atoms with Crippen LogP contribution in [0.25, 0.3) is 0 Å². The molecule has 3 aromatic carbocycles. The summed E-state index contributed by atoms with van der Waals surface area (Å²) in [6.45, 7) is 0.216. The molecule has 0 aliphatic rings. The van der Waals surface area contributed by atoms with E-state index in [0.29, 0.717) is 12.0 Å². The fourth-order valence-corrected chi connectivity index (χ4v) is 4.50. The average molecular weight is 521 g/mol. The van der Waals surface area contributed by atoms with Gasteiger partial charge in [0.25, 0.3) is 0 Å². The minimum atomic E-state index is -3.56. The van der Waals surface area contributed by atoms with E-state index in [1.165, 1.54) is 19.2 Å². The number of ether oxygens (including phenoxy) is 1. The highest BCUT2D eigenvalue weighted by Crippen LogP contribution is 2.37. The Morgan fingerprint density at radius 1 is 1.00 bits per heavy atom. The van der Waals surface area contributed by atoms with Gasteiger partial charge in [-0.25, -0.2) is 8.42 Å². The van der Waals surface area contributed by atoms with Gasteiger partial charge in [-0.1, -0.05) is 48.0 Å². The predicted octanol–water partition coefficient (Wildman–Crippen LogP) is 3.61. The first-order chi connectivity index (χ1) is 16.6. The zero-order valence-corrected chi connectivity index (χ0v) is 21.0. The number of phenolic OH excluding ortho intramolecular Hbond substituents is 2. The molecule has 2 atom stereocenters. The number of hydrogen-bond donors (Lipinski definition) is 5. The van der Waals surface area contributed by atoms with Crippen molar-refractivity contribution in [2.45, 2.75) is 25.0 Å². The van der Waals surface area contributed by atoms with E-state index >= 15 is 0 Å². The summed E-state index contributed by atoms with van der Waals surface area (Å²) in [5.74, 6) is -0.0852. The van der Waals surface area contributed by atoms with Crippen LogP contribution in [0.2, 0.25) is 5.02 Å². The van der Waals surface area contributed by atoms with Crippen LogP contribution in [-0.4, -0.2) is 49.8 Å². The summed E-state index contributed by atoms with van der Waals surface area (Å²) in [5.41, 5.74) is 2.55. The largest absolute Gasteiger partial charge is 0.506 e. The van der Waals surface area contributed by atoms with E-state index in [9.17, 15) is 23.7 Å². The lowest BCUT2D eigenvalue weighted by molar-refractivity contribution is 0.167. The molecule has 0 aromatic heterocycles. The highest BCUT2D eigenvalue weighted by molar-refractivity contribution is 7.92. The molecule has 0 fully saturated rings. The number of aliphatic hydroxyl groups excluding tert-OH is 1. The first-order valence-corrected chi connectivity index (χ1v) is 13.1. The number of methoxy groups -OCH3 is 1. The topological polar surface area (TPSA) is 128 Å². The number of aliphatic hydroxyl groups is 1. The number of benzene rings is 3. The predicted molar refractivity (Wildman–Crippen MR) is 137 cm³/mol. The minimum Gasteiger partial charge on any atom is -0.506 e. The van der Waals surface area contributed by atoms with Crippen molar-refractivity contribution in [1.82, 2.24) is 5.32 Å². The fraction of sp³-hybridized carbons (Fsp3) is 0.280. The molecule has 188 valence electrons. The van der Waals surface area contributed by atoms with Gasteiger partial charge >= 0.3 is 0 Å². The van der Waals surface area contributed by atoms with Crippen LogP contribution < -0.4 is 14.8 Å². The molecule has 0 aliphatic carbocycles. The summed E-state index contributed by atoms with van der Waals surface area (Å²) in [6, 6.07) is 17.4. The Kier molecular flexibility index (Phi) is 8.85. The molecular formula is C25H29ClN2O6S.